The second-order valence-corrected chi connectivity index (χ2v) is 6.76. The number of amidine groups is 1. The average Bonchev–Trinajstić information content (AvgIpc) is 2.33. The Balaban J connectivity index is 1.73. The summed E-state index contributed by atoms with van der Waals surface area (Å²) < 4.78 is 35.8. The van der Waals surface area contributed by atoms with E-state index in [0.29, 0.717) is 12.0 Å². The van der Waals surface area contributed by atoms with Gasteiger partial charge >= 0.3 is 5.51 Å². The normalized spacial score (nSPS) is 30.9. The summed E-state index contributed by atoms with van der Waals surface area (Å²) >= 11 is 1.66. The van der Waals surface area contributed by atoms with Crippen molar-refractivity contribution in [2.24, 2.45) is 10.9 Å². The fraction of sp³-hybridized carbons (Fsp3) is 0.909. The first-order valence-corrected chi connectivity index (χ1v) is 8.16. The number of halogens is 3. The Morgan fingerprint density at radius 2 is 2.11 bits per heavy atom. The molecule has 1 heterocycles. The van der Waals surface area contributed by atoms with Crippen LogP contribution >= 0.6 is 23.5 Å². The monoisotopic (exact) mass is 298 g/mol. The third-order valence-electron chi connectivity index (χ3n) is 3.26. The summed E-state index contributed by atoms with van der Waals surface area (Å²) in [6.07, 6.45) is 4.98. The fourth-order valence-corrected chi connectivity index (χ4v) is 3.99. The molecule has 0 amide bonds. The number of alkyl halides is 3. The van der Waals surface area contributed by atoms with Crippen molar-refractivity contribution >= 4 is 28.7 Å². The molecule has 0 aromatic heterocycles. The lowest BCUT2D eigenvalue weighted by Gasteiger charge is -2.36. The number of hydrogen-bond acceptors (Lipinski definition) is 3. The van der Waals surface area contributed by atoms with E-state index >= 15 is 0 Å². The molecule has 0 spiro atoms. The fourth-order valence-electron chi connectivity index (χ4n) is 2.38. The molecule has 0 bridgehead atoms. The molecule has 104 valence electrons. The molecular formula is C11H17F3N2S2. The maximum absolute atomic E-state index is 11.9. The van der Waals surface area contributed by atoms with Crippen LogP contribution in [-0.2, 0) is 0 Å². The third kappa shape index (κ3) is 4.57. The van der Waals surface area contributed by atoms with E-state index < -0.39 is 5.51 Å². The Morgan fingerprint density at radius 1 is 1.33 bits per heavy atom. The van der Waals surface area contributed by atoms with Crippen molar-refractivity contribution < 1.29 is 13.2 Å². The van der Waals surface area contributed by atoms with Gasteiger partial charge in [-0.15, -0.1) is 0 Å². The van der Waals surface area contributed by atoms with Crippen molar-refractivity contribution in [3.63, 3.8) is 0 Å². The summed E-state index contributed by atoms with van der Waals surface area (Å²) in [7, 11) is 0. The van der Waals surface area contributed by atoms with E-state index in [4.69, 9.17) is 0 Å². The van der Waals surface area contributed by atoms with Crippen molar-refractivity contribution in [3.05, 3.63) is 0 Å². The highest BCUT2D eigenvalue weighted by Gasteiger charge is 2.30. The Hall–Kier alpha value is -0.0400. The van der Waals surface area contributed by atoms with Crippen molar-refractivity contribution in [1.29, 1.82) is 0 Å². The van der Waals surface area contributed by atoms with E-state index in [-0.39, 0.29) is 24.1 Å². The zero-order chi connectivity index (χ0) is 13.0. The molecular weight excluding hydrogens is 281 g/mol. The Bertz CT molecular complexity index is 307. The second-order valence-electron chi connectivity index (χ2n) is 4.59. The first-order valence-electron chi connectivity index (χ1n) is 6.19. The Kier molecular flexibility index (Phi) is 5.12. The number of thioether (sulfide) groups is 2. The first kappa shape index (κ1) is 14.4. The molecule has 2 nitrogen and oxygen atoms in total. The van der Waals surface area contributed by atoms with Crippen LogP contribution in [0.2, 0.25) is 0 Å². The third-order valence-corrected chi connectivity index (χ3v) is 5.09. The number of aliphatic imine (C=N–C) groups is 1. The minimum Gasteiger partial charge on any atom is -0.362 e. The van der Waals surface area contributed by atoms with Gasteiger partial charge in [0, 0.05) is 17.5 Å². The summed E-state index contributed by atoms with van der Waals surface area (Å²) in [5.41, 5.74) is -4.14. The lowest BCUT2D eigenvalue weighted by molar-refractivity contribution is -0.0327. The van der Waals surface area contributed by atoms with Crippen molar-refractivity contribution in [3.8, 4) is 0 Å². The van der Waals surface area contributed by atoms with Gasteiger partial charge in [0.15, 0.2) is 5.17 Å². The van der Waals surface area contributed by atoms with Crippen molar-refractivity contribution in [2.75, 3.05) is 18.1 Å². The molecule has 2 atom stereocenters. The molecule has 2 fully saturated rings. The highest BCUT2D eigenvalue weighted by molar-refractivity contribution is 8.13. The second kappa shape index (κ2) is 6.41. The molecule has 1 saturated heterocycles. The van der Waals surface area contributed by atoms with Crippen LogP contribution in [0.4, 0.5) is 13.2 Å². The number of rotatable bonds is 3. The van der Waals surface area contributed by atoms with Crippen LogP contribution in [0.1, 0.15) is 25.7 Å². The van der Waals surface area contributed by atoms with Crippen molar-refractivity contribution in [1.82, 2.24) is 5.32 Å². The van der Waals surface area contributed by atoms with Gasteiger partial charge in [-0.25, -0.2) is 0 Å². The van der Waals surface area contributed by atoms with E-state index in [9.17, 15) is 13.2 Å². The smallest absolute Gasteiger partial charge is 0.362 e. The molecule has 0 aromatic carbocycles. The maximum atomic E-state index is 11.9. The molecule has 1 saturated carbocycles. The van der Waals surface area contributed by atoms with E-state index in [0.717, 1.165) is 10.9 Å². The van der Waals surface area contributed by atoms with Crippen LogP contribution in [0, 0.1) is 5.92 Å². The predicted molar refractivity (Wildman–Crippen MR) is 72.2 cm³/mol. The highest BCUT2D eigenvalue weighted by atomic mass is 32.2. The van der Waals surface area contributed by atoms with E-state index in [1.807, 2.05) is 0 Å². The molecule has 7 heteroatoms. The Labute approximate surface area is 114 Å². The molecule has 2 unspecified atom stereocenters. The highest BCUT2D eigenvalue weighted by Crippen LogP contribution is 2.32. The topological polar surface area (TPSA) is 24.4 Å². The van der Waals surface area contributed by atoms with Crippen LogP contribution < -0.4 is 5.32 Å². The van der Waals surface area contributed by atoms with Crippen LogP contribution in [0.15, 0.2) is 4.99 Å². The van der Waals surface area contributed by atoms with E-state index in [1.54, 1.807) is 11.8 Å². The molecule has 2 aliphatic rings. The summed E-state index contributed by atoms with van der Waals surface area (Å²) in [4.78, 5) is 4.22. The van der Waals surface area contributed by atoms with Crippen LogP contribution in [-0.4, -0.2) is 34.8 Å². The Morgan fingerprint density at radius 3 is 2.89 bits per heavy atom. The SMILES string of the molecule is FC(F)(F)SCCN=C1NC2CCCCC2CS1. The molecule has 1 N–H and O–H groups in total. The van der Waals surface area contributed by atoms with Gasteiger partial charge in [-0.1, -0.05) is 24.6 Å². The van der Waals surface area contributed by atoms with Gasteiger partial charge in [-0.3, -0.25) is 4.99 Å². The number of nitrogens with one attached hydrogen (secondary N) is 1. The molecule has 2 rings (SSSR count). The van der Waals surface area contributed by atoms with Gasteiger partial charge in [0.1, 0.15) is 0 Å². The zero-order valence-corrected chi connectivity index (χ0v) is 11.6. The first-order chi connectivity index (χ1) is 8.54. The van der Waals surface area contributed by atoms with Crippen molar-refractivity contribution in [2.45, 2.75) is 37.2 Å². The number of hydrogen-bond donors (Lipinski definition) is 1. The summed E-state index contributed by atoms with van der Waals surface area (Å²) in [6.45, 7) is 0.233. The number of fused-ring (bicyclic) bond motifs is 1. The van der Waals surface area contributed by atoms with Gasteiger partial charge < -0.3 is 5.32 Å². The summed E-state index contributed by atoms with van der Waals surface area (Å²) in [6, 6.07) is 0.494. The van der Waals surface area contributed by atoms with Gasteiger partial charge in [0.2, 0.25) is 0 Å². The van der Waals surface area contributed by atoms with Gasteiger partial charge in [-0.2, -0.15) is 13.2 Å². The minimum atomic E-state index is -4.14. The standard InChI is InChI=1S/C11H17F3N2S2/c12-11(13,14)18-6-5-15-10-16-9-4-2-1-3-8(9)7-17-10/h8-9H,1-7H2,(H,15,16). The van der Waals surface area contributed by atoms with Crippen LogP contribution in [0.3, 0.4) is 0 Å². The van der Waals surface area contributed by atoms with Crippen LogP contribution in [0.25, 0.3) is 0 Å². The van der Waals surface area contributed by atoms with Gasteiger partial charge in [0.05, 0.1) is 6.54 Å². The van der Waals surface area contributed by atoms with E-state index in [2.05, 4.69) is 10.3 Å². The maximum Gasteiger partial charge on any atom is 0.441 e. The predicted octanol–water partition coefficient (Wildman–Crippen LogP) is 3.49. The summed E-state index contributed by atoms with van der Waals surface area (Å²) in [5.74, 6) is 1.78. The van der Waals surface area contributed by atoms with Gasteiger partial charge in [-0.05, 0) is 30.5 Å². The molecule has 0 radical (unpaired) electrons. The molecule has 18 heavy (non-hydrogen) atoms. The zero-order valence-electron chi connectivity index (χ0n) is 10.0. The lowest BCUT2D eigenvalue weighted by Crippen LogP contribution is -2.46. The summed E-state index contributed by atoms with van der Waals surface area (Å²) in [5, 5.41) is 4.21. The van der Waals surface area contributed by atoms with Gasteiger partial charge in [0.25, 0.3) is 0 Å². The van der Waals surface area contributed by atoms with Crippen LogP contribution in [0.5, 0.6) is 0 Å². The molecule has 1 aliphatic carbocycles. The quantitative estimate of drug-likeness (QED) is 0.807. The molecule has 1 aliphatic heterocycles. The van der Waals surface area contributed by atoms with E-state index in [1.165, 1.54) is 25.7 Å². The lowest BCUT2D eigenvalue weighted by atomic mass is 9.86. The largest absolute Gasteiger partial charge is 0.441 e. The average molecular weight is 298 g/mol. The molecule has 0 aromatic rings. The number of nitrogens with zero attached hydrogens (tertiary/aromatic N) is 1. The minimum absolute atomic E-state index is 0.000804.